The van der Waals surface area contributed by atoms with E-state index in [4.69, 9.17) is 18.9 Å². The third-order valence-corrected chi connectivity index (χ3v) is 10.3. The minimum absolute atomic E-state index is 0.141. The van der Waals surface area contributed by atoms with Gasteiger partial charge in [-0.2, -0.15) is 0 Å². The van der Waals surface area contributed by atoms with Crippen molar-refractivity contribution in [2.24, 2.45) is 16.7 Å². The van der Waals surface area contributed by atoms with Crippen molar-refractivity contribution in [2.45, 2.75) is 89.2 Å². The lowest BCUT2D eigenvalue weighted by molar-refractivity contribution is -0.345. The molecule has 1 aromatic rings. The molecule has 232 valence electrons. The van der Waals surface area contributed by atoms with Crippen LogP contribution in [0.5, 0.6) is 0 Å². The molecule has 1 aromatic carbocycles. The largest absolute Gasteiger partial charge is 0.455 e. The number of Topliss-reactive ketones (excluding diaryl/α,β-unsaturated/α-hetero) is 1. The van der Waals surface area contributed by atoms with Crippen LogP contribution in [0.1, 0.15) is 57.8 Å². The van der Waals surface area contributed by atoms with Gasteiger partial charge in [-0.3, -0.25) is 9.59 Å². The van der Waals surface area contributed by atoms with Gasteiger partial charge >= 0.3 is 17.9 Å². The molecule has 0 aromatic heterocycles. The number of hydrogen-bond donors (Lipinski definition) is 3. The van der Waals surface area contributed by atoms with E-state index < -0.39 is 82.2 Å². The Labute approximate surface area is 249 Å². The number of carbonyl (C=O) groups excluding carboxylic acids is 4. The van der Waals surface area contributed by atoms with E-state index >= 15 is 0 Å². The van der Waals surface area contributed by atoms with Crippen molar-refractivity contribution in [3.8, 4) is 0 Å². The summed E-state index contributed by atoms with van der Waals surface area (Å²) in [6, 6.07) is 8.01. The summed E-state index contributed by atoms with van der Waals surface area (Å²) >= 11 is 0. The molecule has 2 bridgehead atoms. The summed E-state index contributed by atoms with van der Waals surface area (Å²) in [7, 11) is 0. The first kappa shape index (κ1) is 31.1. The molecule has 2 saturated carbocycles. The lowest BCUT2D eigenvalue weighted by Crippen LogP contribution is -2.81. The second-order valence-corrected chi connectivity index (χ2v) is 12.8. The van der Waals surface area contributed by atoms with Gasteiger partial charge in [-0.15, -0.1) is 0 Å². The van der Waals surface area contributed by atoms with Gasteiger partial charge in [-0.05, 0) is 37.1 Å². The van der Waals surface area contributed by atoms with Gasteiger partial charge in [0.25, 0.3) is 0 Å². The predicted molar refractivity (Wildman–Crippen MR) is 149 cm³/mol. The fraction of sp³-hybridized carbons (Fsp3) is 0.562. The number of carbonyl (C=O) groups is 4. The van der Waals surface area contributed by atoms with Gasteiger partial charge in [0.1, 0.15) is 17.8 Å². The lowest BCUT2D eigenvalue weighted by atomic mass is 9.44. The highest BCUT2D eigenvalue weighted by Gasteiger charge is 2.78. The Morgan fingerprint density at radius 1 is 1.09 bits per heavy atom. The van der Waals surface area contributed by atoms with Crippen LogP contribution in [0.4, 0.5) is 0 Å². The maximum absolute atomic E-state index is 14.8. The molecule has 11 heteroatoms. The van der Waals surface area contributed by atoms with E-state index in [1.165, 1.54) is 19.1 Å². The summed E-state index contributed by atoms with van der Waals surface area (Å²) in [5.41, 5.74) is -6.57. The van der Waals surface area contributed by atoms with Crippen molar-refractivity contribution in [3.63, 3.8) is 0 Å². The molecule has 43 heavy (non-hydrogen) atoms. The van der Waals surface area contributed by atoms with E-state index in [2.05, 4.69) is 6.58 Å². The molecule has 1 saturated heterocycles. The van der Waals surface area contributed by atoms with E-state index in [9.17, 15) is 34.5 Å². The first-order valence-corrected chi connectivity index (χ1v) is 14.3. The maximum atomic E-state index is 14.8. The highest BCUT2D eigenvalue weighted by atomic mass is 16.6. The molecule has 0 radical (unpaired) electrons. The number of ketones is 1. The van der Waals surface area contributed by atoms with Gasteiger partial charge in [0.2, 0.25) is 0 Å². The first-order valence-electron chi connectivity index (χ1n) is 14.3. The Kier molecular flexibility index (Phi) is 7.49. The van der Waals surface area contributed by atoms with Crippen molar-refractivity contribution in [1.82, 2.24) is 0 Å². The number of rotatable bonds is 5. The Hall–Kier alpha value is -3.38. The van der Waals surface area contributed by atoms with Crippen molar-refractivity contribution >= 4 is 23.7 Å². The Bertz CT molecular complexity index is 1400. The van der Waals surface area contributed by atoms with Gasteiger partial charge < -0.3 is 34.3 Å². The van der Waals surface area contributed by atoms with Crippen LogP contribution in [-0.2, 0) is 33.3 Å². The van der Waals surface area contributed by atoms with E-state index in [1.807, 2.05) is 0 Å². The van der Waals surface area contributed by atoms with Crippen LogP contribution in [-0.4, -0.2) is 87.3 Å². The second-order valence-electron chi connectivity index (χ2n) is 12.8. The number of benzene rings is 1. The summed E-state index contributed by atoms with van der Waals surface area (Å²) in [5, 5.41) is 35.9. The Morgan fingerprint density at radius 3 is 2.30 bits per heavy atom. The zero-order valence-corrected chi connectivity index (χ0v) is 24.9. The maximum Gasteiger partial charge on any atom is 0.338 e. The van der Waals surface area contributed by atoms with E-state index in [-0.39, 0.29) is 30.6 Å². The smallest absolute Gasteiger partial charge is 0.338 e. The van der Waals surface area contributed by atoms with E-state index in [0.717, 1.165) is 13.0 Å². The standard InChI is InChI=1S/C32H38O11/c1-7-22(36)43-31-15-40-21(31)13-20(35)30(6)25(31)27(42-28(38)18-11-9-8-10-12-18)32(39)14-19(34)16(2)23(29(32,4)5)24(26(30)37)41-17(3)33/h7-12,19-21,24-25,27,34-35,39H,1,13-15H2,2-6H3/t19-,20-,21+,24+,25?,27-,30+,31-,32+/m0/s1. The molecule has 9 atom stereocenters. The van der Waals surface area contributed by atoms with Gasteiger partial charge in [0.15, 0.2) is 17.5 Å². The highest BCUT2D eigenvalue weighted by Crippen LogP contribution is 2.64. The molecule has 1 heterocycles. The molecule has 3 N–H and O–H groups in total. The topological polar surface area (TPSA) is 166 Å². The molecule has 1 unspecified atom stereocenters. The van der Waals surface area contributed by atoms with Crippen molar-refractivity contribution < 1.29 is 53.4 Å². The van der Waals surface area contributed by atoms with Crippen LogP contribution >= 0.6 is 0 Å². The zero-order chi connectivity index (χ0) is 31.7. The van der Waals surface area contributed by atoms with E-state index in [1.54, 1.807) is 39.0 Å². The average molecular weight is 599 g/mol. The Morgan fingerprint density at radius 2 is 1.74 bits per heavy atom. The summed E-state index contributed by atoms with van der Waals surface area (Å²) in [6.45, 7) is 10.6. The van der Waals surface area contributed by atoms with Crippen LogP contribution < -0.4 is 0 Å². The van der Waals surface area contributed by atoms with E-state index in [0.29, 0.717) is 5.57 Å². The lowest BCUT2D eigenvalue weighted by Gasteiger charge is -2.67. The summed E-state index contributed by atoms with van der Waals surface area (Å²) < 4.78 is 23.6. The molecular formula is C32H38O11. The molecule has 5 rings (SSSR count). The van der Waals surface area contributed by atoms with Crippen molar-refractivity contribution in [1.29, 1.82) is 0 Å². The van der Waals surface area contributed by atoms with Crippen LogP contribution in [0.2, 0.25) is 0 Å². The first-order chi connectivity index (χ1) is 20.1. The molecule has 3 fully saturated rings. The van der Waals surface area contributed by atoms with Crippen LogP contribution in [0, 0.1) is 16.7 Å². The number of hydrogen-bond acceptors (Lipinski definition) is 11. The van der Waals surface area contributed by atoms with Crippen molar-refractivity contribution in [2.75, 3.05) is 6.61 Å². The summed E-state index contributed by atoms with van der Waals surface area (Å²) in [6.07, 6.45) is -6.52. The monoisotopic (exact) mass is 598 g/mol. The zero-order valence-electron chi connectivity index (χ0n) is 24.9. The third-order valence-electron chi connectivity index (χ3n) is 10.3. The average Bonchev–Trinajstić information content (AvgIpc) is 2.95. The number of fused-ring (bicyclic) bond motifs is 5. The SMILES string of the molecule is C=CC(=O)O[C@@]12CO[C@@H]1C[C@H](O)[C@@]1(C)C(=O)[C@H](OC(C)=O)C3=C(C)[C@@H](O)C[C@@](O)([C@@H](OC(=O)c4ccccc4)C12)C3(C)C. The molecular weight excluding hydrogens is 560 g/mol. The quantitative estimate of drug-likeness (QED) is 0.196. The number of esters is 3. The van der Waals surface area contributed by atoms with Crippen LogP contribution in [0.25, 0.3) is 0 Å². The summed E-state index contributed by atoms with van der Waals surface area (Å²) in [4.78, 5) is 53.8. The molecule has 1 aliphatic heterocycles. The molecule has 0 spiro atoms. The van der Waals surface area contributed by atoms with Gasteiger partial charge in [-0.1, -0.05) is 38.6 Å². The number of ether oxygens (including phenoxy) is 4. The molecule has 0 amide bonds. The minimum Gasteiger partial charge on any atom is -0.455 e. The second kappa shape index (κ2) is 10.4. The van der Waals surface area contributed by atoms with Gasteiger partial charge in [-0.25, -0.2) is 9.59 Å². The fourth-order valence-corrected chi connectivity index (χ4v) is 7.87. The molecule has 4 aliphatic rings. The minimum atomic E-state index is -2.14. The van der Waals surface area contributed by atoms with Gasteiger partial charge in [0.05, 0.1) is 35.7 Å². The normalized spacial score (nSPS) is 39.6. The number of aliphatic hydroxyl groups excluding tert-OH is 2. The number of aliphatic hydroxyl groups is 3. The highest BCUT2D eigenvalue weighted by molar-refractivity contribution is 5.95. The summed E-state index contributed by atoms with van der Waals surface area (Å²) in [5.74, 6) is -4.66. The third kappa shape index (κ3) is 4.31. The molecule has 3 aliphatic carbocycles. The van der Waals surface area contributed by atoms with Crippen LogP contribution in [0.3, 0.4) is 0 Å². The Balaban J connectivity index is 1.84. The van der Waals surface area contributed by atoms with Crippen LogP contribution in [0.15, 0.2) is 54.1 Å². The van der Waals surface area contributed by atoms with Crippen molar-refractivity contribution in [3.05, 3.63) is 59.7 Å². The fourth-order valence-electron chi connectivity index (χ4n) is 7.87. The van der Waals surface area contributed by atoms with Gasteiger partial charge in [0, 0.05) is 31.3 Å². The molecule has 11 nitrogen and oxygen atoms in total. The predicted octanol–water partition coefficient (Wildman–Crippen LogP) is 1.82.